The fourth-order valence-electron chi connectivity index (χ4n) is 2.46. The van der Waals surface area contributed by atoms with E-state index in [2.05, 4.69) is 18.3 Å². The Morgan fingerprint density at radius 2 is 1.90 bits per heavy atom. The molecule has 1 unspecified atom stereocenters. The van der Waals surface area contributed by atoms with Gasteiger partial charge in [0, 0.05) is 12.5 Å². The minimum absolute atomic E-state index is 0.132. The van der Waals surface area contributed by atoms with Crippen molar-refractivity contribution in [2.24, 2.45) is 0 Å². The van der Waals surface area contributed by atoms with Crippen molar-refractivity contribution < 1.29 is 18.9 Å². The summed E-state index contributed by atoms with van der Waals surface area (Å²) in [5, 5.41) is 3.55. The summed E-state index contributed by atoms with van der Waals surface area (Å²) in [6, 6.07) is 6.18. The molecule has 1 fully saturated rings. The monoisotopic (exact) mass is 295 g/mol. The maximum atomic E-state index is 5.57. The zero-order valence-corrected chi connectivity index (χ0v) is 13.1. The van der Waals surface area contributed by atoms with Gasteiger partial charge >= 0.3 is 0 Å². The van der Waals surface area contributed by atoms with E-state index in [1.807, 2.05) is 12.1 Å². The summed E-state index contributed by atoms with van der Waals surface area (Å²) in [4.78, 5) is 0. The van der Waals surface area contributed by atoms with Crippen LogP contribution in [0.1, 0.15) is 31.4 Å². The van der Waals surface area contributed by atoms with Crippen molar-refractivity contribution in [3.8, 4) is 11.5 Å². The van der Waals surface area contributed by atoms with Gasteiger partial charge in [-0.15, -0.1) is 0 Å². The van der Waals surface area contributed by atoms with Crippen LogP contribution in [0.4, 0.5) is 0 Å². The molecule has 0 aliphatic carbocycles. The van der Waals surface area contributed by atoms with Crippen molar-refractivity contribution in [3.05, 3.63) is 23.8 Å². The smallest absolute Gasteiger partial charge is 0.161 e. The van der Waals surface area contributed by atoms with E-state index < -0.39 is 0 Å². The van der Waals surface area contributed by atoms with Crippen molar-refractivity contribution >= 4 is 0 Å². The number of rotatable bonds is 8. The van der Waals surface area contributed by atoms with E-state index in [9.17, 15) is 0 Å². The molecule has 2 rings (SSSR count). The first-order valence-electron chi connectivity index (χ1n) is 7.47. The highest BCUT2D eigenvalue weighted by Crippen LogP contribution is 2.32. The average molecular weight is 295 g/mol. The van der Waals surface area contributed by atoms with Gasteiger partial charge in [0.05, 0.1) is 27.4 Å². The minimum Gasteiger partial charge on any atom is -0.493 e. The molecule has 1 heterocycles. The molecule has 0 radical (unpaired) electrons. The van der Waals surface area contributed by atoms with Gasteiger partial charge in [-0.25, -0.2) is 0 Å². The molecule has 1 aliphatic rings. The van der Waals surface area contributed by atoms with Crippen molar-refractivity contribution in [3.63, 3.8) is 0 Å². The summed E-state index contributed by atoms with van der Waals surface area (Å²) in [6.45, 7) is 4.46. The van der Waals surface area contributed by atoms with Crippen LogP contribution < -0.4 is 14.8 Å². The Hall–Kier alpha value is -1.30. The Bertz CT molecular complexity index is 432. The predicted molar refractivity (Wildman–Crippen MR) is 80.9 cm³/mol. The van der Waals surface area contributed by atoms with Crippen molar-refractivity contribution in [2.45, 2.75) is 32.1 Å². The van der Waals surface area contributed by atoms with Crippen LogP contribution in [0, 0.1) is 0 Å². The zero-order chi connectivity index (χ0) is 15.1. The molecule has 0 bridgehead atoms. The van der Waals surface area contributed by atoms with E-state index in [4.69, 9.17) is 18.9 Å². The third kappa shape index (κ3) is 4.33. The molecule has 1 aliphatic heterocycles. The van der Waals surface area contributed by atoms with Crippen molar-refractivity contribution in [1.82, 2.24) is 5.32 Å². The Labute approximate surface area is 126 Å². The van der Waals surface area contributed by atoms with Crippen LogP contribution in [0.5, 0.6) is 11.5 Å². The summed E-state index contributed by atoms with van der Waals surface area (Å²) in [5.74, 6) is 1.48. The average Bonchev–Trinajstić information content (AvgIpc) is 3.03. The van der Waals surface area contributed by atoms with Crippen LogP contribution in [0.2, 0.25) is 0 Å². The Balaban J connectivity index is 2.14. The Morgan fingerprint density at radius 1 is 1.19 bits per heavy atom. The van der Waals surface area contributed by atoms with Gasteiger partial charge in [-0.1, -0.05) is 13.0 Å². The van der Waals surface area contributed by atoms with Crippen LogP contribution in [0.25, 0.3) is 0 Å². The second kappa shape index (κ2) is 8.22. The fraction of sp³-hybridized carbons (Fsp3) is 0.625. The molecule has 1 saturated heterocycles. The summed E-state index contributed by atoms with van der Waals surface area (Å²) < 4.78 is 21.8. The predicted octanol–water partition coefficient (Wildman–Crippen LogP) is 2.51. The molecule has 5 heteroatoms. The second-order valence-corrected chi connectivity index (χ2v) is 5.03. The molecular formula is C16H25NO4. The molecule has 0 aromatic heterocycles. The molecule has 0 amide bonds. The lowest BCUT2D eigenvalue weighted by Crippen LogP contribution is -2.26. The van der Waals surface area contributed by atoms with Gasteiger partial charge in [0.2, 0.25) is 0 Å². The molecule has 21 heavy (non-hydrogen) atoms. The molecule has 118 valence electrons. The van der Waals surface area contributed by atoms with Gasteiger partial charge < -0.3 is 24.3 Å². The van der Waals surface area contributed by atoms with E-state index in [0.29, 0.717) is 13.2 Å². The molecule has 5 nitrogen and oxygen atoms in total. The van der Waals surface area contributed by atoms with Gasteiger partial charge in [0.15, 0.2) is 17.8 Å². The maximum Gasteiger partial charge on any atom is 0.161 e. The quantitative estimate of drug-likeness (QED) is 0.798. The lowest BCUT2D eigenvalue weighted by atomic mass is 10.0. The topological polar surface area (TPSA) is 49.0 Å². The summed E-state index contributed by atoms with van der Waals surface area (Å²) >= 11 is 0. The Morgan fingerprint density at radius 3 is 2.52 bits per heavy atom. The van der Waals surface area contributed by atoms with E-state index in [-0.39, 0.29) is 12.3 Å². The second-order valence-electron chi connectivity index (χ2n) is 5.03. The number of hydrogen-bond acceptors (Lipinski definition) is 5. The van der Waals surface area contributed by atoms with E-state index in [0.717, 1.165) is 36.4 Å². The maximum absolute atomic E-state index is 5.57. The molecule has 0 saturated carbocycles. The van der Waals surface area contributed by atoms with Crippen LogP contribution in [0.3, 0.4) is 0 Å². The van der Waals surface area contributed by atoms with Crippen LogP contribution in [0.15, 0.2) is 18.2 Å². The number of methoxy groups -OCH3 is 2. The lowest BCUT2D eigenvalue weighted by molar-refractivity contribution is -0.0530. The normalized spacial score (nSPS) is 16.9. The summed E-state index contributed by atoms with van der Waals surface area (Å²) in [6.07, 6.45) is 1.73. The summed E-state index contributed by atoms with van der Waals surface area (Å²) in [7, 11) is 3.30. The van der Waals surface area contributed by atoms with Gasteiger partial charge in [0.1, 0.15) is 0 Å². The number of ether oxygens (including phenoxy) is 4. The minimum atomic E-state index is -0.132. The van der Waals surface area contributed by atoms with Gasteiger partial charge in [0.25, 0.3) is 0 Å². The van der Waals surface area contributed by atoms with Gasteiger partial charge in [-0.2, -0.15) is 0 Å². The Kier molecular flexibility index (Phi) is 6.29. The largest absolute Gasteiger partial charge is 0.493 e. The third-order valence-corrected chi connectivity index (χ3v) is 3.57. The van der Waals surface area contributed by atoms with Crippen molar-refractivity contribution in [1.29, 1.82) is 0 Å². The van der Waals surface area contributed by atoms with Gasteiger partial charge in [-0.05, 0) is 30.7 Å². The number of hydrogen-bond donors (Lipinski definition) is 1. The SMILES string of the molecule is CCCNC(CC1OCCO1)c1ccc(OC)c(OC)c1. The van der Waals surface area contributed by atoms with E-state index in [1.165, 1.54) is 0 Å². The summed E-state index contributed by atoms with van der Waals surface area (Å²) in [5.41, 5.74) is 1.15. The van der Waals surface area contributed by atoms with Gasteiger partial charge in [-0.3, -0.25) is 0 Å². The first-order valence-corrected chi connectivity index (χ1v) is 7.47. The third-order valence-electron chi connectivity index (χ3n) is 3.57. The molecule has 1 atom stereocenters. The number of nitrogens with one attached hydrogen (secondary N) is 1. The molecule has 1 aromatic carbocycles. The van der Waals surface area contributed by atoms with Crippen LogP contribution in [-0.4, -0.2) is 40.3 Å². The fourth-order valence-corrected chi connectivity index (χ4v) is 2.46. The zero-order valence-electron chi connectivity index (χ0n) is 13.1. The highest BCUT2D eigenvalue weighted by molar-refractivity contribution is 5.43. The van der Waals surface area contributed by atoms with Crippen molar-refractivity contribution in [2.75, 3.05) is 34.0 Å². The molecule has 1 N–H and O–H groups in total. The highest BCUT2D eigenvalue weighted by atomic mass is 16.7. The molecule has 0 spiro atoms. The molecule has 1 aromatic rings. The van der Waals surface area contributed by atoms with E-state index >= 15 is 0 Å². The first kappa shape index (κ1) is 16.1. The number of benzene rings is 1. The lowest BCUT2D eigenvalue weighted by Gasteiger charge is -2.22. The van der Waals surface area contributed by atoms with Crippen LogP contribution in [-0.2, 0) is 9.47 Å². The van der Waals surface area contributed by atoms with E-state index in [1.54, 1.807) is 14.2 Å². The van der Waals surface area contributed by atoms with Crippen LogP contribution >= 0.6 is 0 Å². The standard InChI is InChI=1S/C16H25NO4/c1-4-7-17-13(11-16-20-8-9-21-16)12-5-6-14(18-2)15(10-12)19-3/h5-6,10,13,16-17H,4,7-9,11H2,1-3H3. The highest BCUT2D eigenvalue weighted by Gasteiger charge is 2.23. The first-order chi connectivity index (χ1) is 10.3. The molecular weight excluding hydrogens is 270 g/mol.